The molecule has 294 valence electrons. The van der Waals surface area contributed by atoms with E-state index in [2.05, 4.69) is 165 Å². The maximum atomic E-state index is 5.09. The van der Waals surface area contributed by atoms with Gasteiger partial charge in [-0.15, -0.1) is 0 Å². The number of hydrogen-bond acceptors (Lipinski definition) is 4. The Labute approximate surface area is 363 Å². The molecule has 0 atom stereocenters. The fourth-order valence-corrected chi connectivity index (χ4v) is 8.37. The van der Waals surface area contributed by atoms with Crippen molar-refractivity contribution in [2.45, 2.75) is 13.8 Å². The average molecular weight is 795 g/mol. The fraction of sp³-hybridized carbons (Fsp3) is 0.0345. The van der Waals surface area contributed by atoms with E-state index in [4.69, 9.17) is 19.9 Å². The summed E-state index contributed by atoms with van der Waals surface area (Å²) in [7, 11) is 0. The number of hydrogen-bond donors (Lipinski definition) is 0. The van der Waals surface area contributed by atoms with Crippen LogP contribution in [0.3, 0.4) is 0 Å². The van der Waals surface area contributed by atoms with Gasteiger partial charge in [0.05, 0.1) is 0 Å². The van der Waals surface area contributed by atoms with E-state index in [1.807, 2.05) is 67.6 Å². The third kappa shape index (κ3) is 7.74. The molecule has 2 heterocycles. The molecule has 0 amide bonds. The summed E-state index contributed by atoms with van der Waals surface area (Å²) in [4.78, 5) is 20.1. The second kappa shape index (κ2) is 16.9. The summed E-state index contributed by atoms with van der Waals surface area (Å²) in [5, 5.41) is 0. The molecule has 0 unspecified atom stereocenters. The number of benzene rings is 8. The lowest BCUT2D eigenvalue weighted by molar-refractivity contribution is 1.07. The van der Waals surface area contributed by atoms with Crippen molar-refractivity contribution in [3.8, 4) is 101 Å². The van der Waals surface area contributed by atoms with E-state index in [0.29, 0.717) is 17.5 Å². The van der Waals surface area contributed by atoms with Gasteiger partial charge in [0.25, 0.3) is 0 Å². The average Bonchev–Trinajstić information content (AvgIpc) is 3.34. The molecule has 0 bridgehead atoms. The molecule has 0 aliphatic carbocycles. The molecule has 0 aliphatic heterocycles. The topological polar surface area (TPSA) is 51.6 Å². The van der Waals surface area contributed by atoms with Crippen LogP contribution in [0.15, 0.2) is 218 Å². The van der Waals surface area contributed by atoms with E-state index >= 15 is 0 Å². The molecular weight excluding hydrogens is 753 g/mol. The summed E-state index contributed by atoms with van der Waals surface area (Å²) < 4.78 is 0. The highest BCUT2D eigenvalue weighted by atomic mass is 15.0. The molecular formula is C58H42N4. The van der Waals surface area contributed by atoms with Crippen molar-refractivity contribution in [2.75, 3.05) is 0 Å². The molecule has 0 fully saturated rings. The maximum absolute atomic E-state index is 5.09. The normalized spacial score (nSPS) is 11.1. The molecule has 0 spiro atoms. The third-order valence-corrected chi connectivity index (χ3v) is 11.4. The smallest absolute Gasteiger partial charge is 0.164 e. The van der Waals surface area contributed by atoms with E-state index in [0.717, 1.165) is 72.6 Å². The minimum absolute atomic E-state index is 0.613. The van der Waals surface area contributed by atoms with Gasteiger partial charge < -0.3 is 0 Å². The van der Waals surface area contributed by atoms with Gasteiger partial charge in [0, 0.05) is 33.6 Å². The Morgan fingerprint density at radius 2 is 0.645 bits per heavy atom. The second-order valence-corrected chi connectivity index (χ2v) is 15.5. The number of nitrogens with zero attached hydrogens (tertiary/aromatic N) is 4. The van der Waals surface area contributed by atoms with E-state index in [9.17, 15) is 0 Å². The minimum Gasteiger partial charge on any atom is -0.258 e. The van der Waals surface area contributed by atoms with E-state index in [1.165, 1.54) is 22.3 Å². The molecule has 4 heteroatoms. The van der Waals surface area contributed by atoms with E-state index in [1.54, 1.807) is 0 Å². The van der Waals surface area contributed by atoms with Crippen molar-refractivity contribution in [2.24, 2.45) is 0 Å². The van der Waals surface area contributed by atoms with Crippen molar-refractivity contribution >= 4 is 0 Å². The van der Waals surface area contributed by atoms with Crippen LogP contribution < -0.4 is 0 Å². The van der Waals surface area contributed by atoms with Gasteiger partial charge >= 0.3 is 0 Å². The summed E-state index contributed by atoms with van der Waals surface area (Å²) in [6.45, 7) is 4.16. The summed E-state index contributed by atoms with van der Waals surface area (Å²) in [6.07, 6.45) is 0. The Hall–Kier alpha value is -8.08. The largest absolute Gasteiger partial charge is 0.258 e. The highest BCUT2D eigenvalue weighted by molar-refractivity contribution is 6.01. The first-order valence-electron chi connectivity index (χ1n) is 21.0. The number of aryl methyl sites for hydroxylation is 2. The van der Waals surface area contributed by atoms with Crippen LogP contribution in [0.2, 0.25) is 0 Å². The van der Waals surface area contributed by atoms with Crippen LogP contribution in [-0.4, -0.2) is 19.9 Å². The zero-order chi connectivity index (χ0) is 41.8. The van der Waals surface area contributed by atoms with Crippen molar-refractivity contribution in [1.29, 1.82) is 0 Å². The van der Waals surface area contributed by atoms with Crippen LogP contribution in [0.25, 0.3) is 101 Å². The lowest BCUT2D eigenvalue weighted by Crippen LogP contribution is -2.00. The van der Waals surface area contributed by atoms with Crippen molar-refractivity contribution in [1.82, 2.24) is 19.9 Å². The van der Waals surface area contributed by atoms with E-state index in [-0.39, 0.29) is 0 Å². The second-order valence-electron chi connectivity index (χ2n) is 15.5. The fourth-order valence-electron chi connectivity index (χ4n) is 8.37. The quantitative estimate of drug-likeness (QED) is 0.146. The first-order valence-corrected chi connectivity index (χ1v) is 21.0. The molecule has 8 aromatic carbocycles. The zero-order valence-electron chi connectivity index (χ0n) is 34.6. The highest BCUT2D eigenvalue weighted by Crippen LogP contribution is 2.46. The number of rotatable bonds is 9. The summed E-state index contributed by atoms with van der Waals surface area (Å²) in [5.41, 5.74) is 18.3. The summed E-state index contributed by atoms with van der Waals surface area (Å²) in [5.74, 6) is 1.88. The van der Waals surface area contributed by atoms with Crippen molar-refractivity contribution in [3.63, 3.8) is 0 Å². The first kappa shape index (κ1) is 38.1. The van der Waals surface area contributed by atoms with Crippen molar-refractivity contribution < 1.29 is 0 Å². The minimum atomic E-state index is 0.613. The van der Waals surface area contributed by atoms with Gasteiger partial charge in [0.1, 0.15) is 0 Å². The Morgan fingerprint density at radius 1 is 0.242 bits per heavy atom. The predicted octanol–water partition coefficient (Wildman–Crippen LogP) is 14.9. The van der Waals surface area contributed by atoms with Gasteiger partial charge in [-0.2, -0.15) is 0 Å². The maximum Gasteiger partial charge on any atom is 0.164 e. The van der Waals surface area contributed by atoms with Crippen LogP contribution in [0.4, 0.5) is 0 Å². The third-order valence-electron chi connectivity index (χ3n) is 11.4. The van der Waals surface area contributed by atoms with E-state index < -0.39 is 0 Å². The zero-order valence-corrected chi connectivity index (χ0v) is 34.6. The summed E-state index contributed by atoms with van der Waals surface area (Å²) in [6, 6.07) is 76.9. The van der Waals surface area contributed by atoms with Crippen LogP contribution in [0.5, 0.6) is 0 Å². The summed E-state index contributed by atoms with van der Waals surface area (Å²) >= 11 is 0. The lowest BCUT2D eigenvalue weighted by Gasteiger charge is -2.21. The molecule has 4 nitrogen and oxygen atoms in total. The standard InChI is InChI=1S/C58H42N4/c1-39-33-34-50(40(2)59-39)53-32-18-31-52(45-27-17-28-46(35-45)58-61-56(43-23-11-5-12-24-43)60-57(62-58)44-25-13-6-14-26-44)55(53)54-30-16-15-29-51(54)49-37-47(41-19-7-3-8-20-41)36-48(38-49)42-21-9-4-10-22-42/h3-38H,1-2H3. The van der Waals surface area contributed by atoms with Gasteiger partial charge in [0.15, 0.2) is 17.5 Å². The molecule has 0 aliphatic rings. The molecule has 62 heavy (non-hydrogen) atoms. The van der Waals surface area contributed by atoms with Crippen LogP contribution in [-0.2, 0) is 0 Å². The molecule has 10 rings (SSSR count). The Morgan fingerprint density at radius 3 is 1.21 bits per heavy atom. The predicted molar refractivity (Wildman–Crippen MR) is 256 cm³/mol. The SMILES string of the molecule is Cc1ccc(-c2cccc(-c3cccc(-c4nc(-c5ccccc5)nc(-c5ccccc5)n4)c3)c2-c2ccccc2-c2cc(-c3ccccc3)cc(-c3ccccc3)c2)c(C)n1. The van der Waals surface area contributed by atoms with Crippen LogP contribution >= 0.6 is 0 Å². The highest BCUT2D eigenvalue weighted by Gasteiger charge is 2.21. The van der Waals surface area contributed by atoms with Gasteiger partial charge in [-0.05, 0) is 105 Å². The molecule has 0 saturated heterocycles. The van der Waals surface area contributed by atoms with Crippen molar-refractivity contribution in [3.05, 3.63) is 230 Å². The molecule has 2 aromatic heterocycles. The molecule has 0 radical (unpaired) electrons. The first-order chi connectivity index (χ1) is 30.6. The van der Waals surface area contributed by atoms with Gasteiger partial charge in [-0.3, -0.25) is 4.98 Å². The lowest BCUT2D eigenvalue weighted by atomic mass is 9.83. The van der Waals surface area contributed by atoms with Gasteiger partial charge in [-0.25, -0.2) is 15.0 Å². The Bertz CT molecular complexity index is 3070. The molecule has 0 N–H and O–H groups in total. The Balaban J connectivity index is 1.19. The van der Waals surface area contributed by atoms with Gasteiger partial charge in [-0.1, -0.05) is 188 Å². The molecule has 0 saturated carbocycles. The van der Waals surface area contributed by atoms with Gasteiger partial charge in [0.2, 0.25) is 0 Å². The monoisotopic (exact) mass is 794 g/mol. The van der Waals surface area contributed by atoms with Crippen LogP contribution in [0, 0.1) is 13.8 Å². The number of aromatic nitrogens is 4. The number of pyridine rings is 1. The Kier molecular flexibility index (Phi) is 10.4. The van der Waals surface area contributed by atoms with Crippen LogP contribution in [0.1, 0.15) is 11.4 Å². The molecule has 10 aromatic rings.